The van der Waals surface area contributed by atoms with Gasteiger partial charge in [0.15, 0.2) is 0 Å². The van der Waals surface area contributed by atoms with Crippen molar-refractivity contribution in [2.24, 2.45) is 0 Å². The molecule has 0 atom stereocenters. The molecule has 0 saturated carbocycles. The lowest BCUT2D eigenvalue weighted by Crippen LogP contribution is -2.15. The van der Waals surface area contributed by atoms with Crippen LogP contribution in [0.2, 0.25) is 0 Å². The summed E-state index contributed by atoms with van der Waals surface area (Å²) in [6.45, 7) is 3.41. The summed E-state index contributed by atoms with van der Waals surface area (Å²) in [5.41, 5.74) is 0.558. The van der Waals surface area contributed by atoms with Gasteiger partial charge in [0.1, 0.15) is 17.1 Å². The van der Waals surface area contributed by atoms with Gasteiger partial charge in [-0.25, -0.2) is 9.59 Å². The van der Waals surface area contributed by atoms with Crippen molar-refractivity contribution in [3.05, 3.63) is 72.3 Å². The van der Waals surface area contributed by atoms with Gasteiger partial charge in [0.2, 0.25) is 5.91 Å². The molecule has 1 N–H and O–H groups in total. The lowest BCUT2D eigenvalue weighted by atomic mass is 10.1. The highest BCUT2D eigenvalue weighted by Gasteiger charge is 2.21. The molecule has 0 aliphatic rings. The van der Waals surface area contributed by atoms with Crippen LogP contribution in [-0.2, 0) is 23.9 Å². The highest BCUT2D eigenvalue weighted by atomic mass is 16.5. The highest BCUT2D eigenvalue weighted by molar-refractivity contribution is 6.17. The minimum atomic E-state index is -0.846. The van der Waals surface area contributed by atoms with Crippen molar-refractivity contribution in [1.29, 1.82) is 0 Å². The first-order valence-electron chi connectivity index (χ1n) is 8.17. The molecule has 0 unspecified atom stereocenters. The molecule has 0 fully saturated rings. The predicted octanol–water partition coefficient (Wildman–Crippen LogP) is 3.33. The van der Waals surface area contributed by atoms with Gasteiger partial charge >= 0.3 is 11.9 Å². The third-order valence-corrected chi connectivity index (χ3v) is 3.55. The second kappa shape index (κ2) is 9.72. The Morgan fingerprint density at radius 3 is 2.18 bits per heavy atom. The molecule has 0 bridgehead atoms. The largest absolute Gasteiger partial charge is 0.465 e. The van der Waals surface area contributed by atoms with E-state index in [1.54, 1.807) is 42.5 Å². The summed E-state index contributed by atoms with van der Waals surface area (Å²) in [7, 11) is 2.32. The third-order valence-electron chi connectivity index (χ3n) is 3.55. The Balaban J connectivity index is 2.52. The highest BCUT2D eigenvalue weighted by Crippen LogP contribution is 2.30. The first-order valence-corrected chi connectivity index (χ1v) is 8.17. The van der Waals surface area contributed by atoms with Crippen LogP contribution >= 0.6 is 0 Å². The van der Waals surface area contributed by atoms with Gasteiger partial charge in [-0.2, -0.15) is 0 Å². The molecule has 2 aromatic rings. The fraction of sp³-hybridized carbons (Fsp3) is 0.0952. The van der Waals surface area contributed by atoms with E-state index in [1.807, 2.05) is 6.07 Å². The van der Waals surface area contributed by atoms with Gasteiger partial charge in [-0.1, -0.05) is 24.8 Å². The summed E-state index contributed by atoms with van der Waals surface area (Å²) >= 11 is 0. The Hall–Kier alpha value is -3.87. The molecular formula is C21H19NO6. The van der Waals surface area contributed by atoms with Crippen LogP contribution in [0.15, 0.2) is 66.8 Å². The lowest BCUT2D eigenvalue weighted by molar-refractivity contribution is -0.143. The van der Waals surface area contributed by atoms with Crippen molar-refractivity contribution in [2.75, 3.05) is 19.5 Å². The fourth-order valence-corrected chi connectivity index (χ4v) is 2.21. The molecular weight excluding hydrogens is 362 g/mol. The van der Waals surface area contributed by atoms with Crippen molar-refractivity contribution < 1.29 is 28.6 Å². The van der Waals surface area contributed by atoms with Crippen molar-refractivity contribution in [3.8, 4) is 11.5 Å². The Kier molecular flexibility index (Phi) is 7.10. The van der Waals surface area contributed by atoms with E-state index in [4.69, 9.17) is 4.74 Å². The first kappa shape index (κ1) is 20.4. The summed E-state index contributed by atoms with van der Waals surface area (Å²) < 4.78 is 15.1. The first-order chi connectivity index (χ1) is 13.5. The Bertz CT molecular complexity index is 900. The van der Waals surface area contributed by atoms with Gasteiger partial charge in [0.05, 0.1) is 14.2 Å². The number of benzene rings is 2. The van der Waals surface area contributed by atoms with Crippen LogP contribution in [0, 0.1) is 0 Å². The van der Waals surface area contributed by atoms with E-state index in [9.17, 15) is 14.4 Å². The number of anilines is 1. The van der Waals surface area contributed by atoms with Crippen molar-refractivity contribution in [2.45, 2.75) is 0 Å². The topological polar surface area (TPSA) is 90.9 Å². The number of carbonyl (C=O) groups is 3. The molecule has 0 saturated heterocycles. The second-order valence-corrected chi connectivity index (χ2v) is 5.40. The van der Waals surface area contributed by atoms with Crippen LogP contribution in [0.3, 0.4) is 0 Å². The summed E-state index contributed by atoms with van der Waals surface area (Å²) in [5, 5.41) is 2.63. The summed E-state index contributed by atoms with van der Waals surface area (Å²) in [6.07, 6.45) is 2.44. The third kappa shape index (κ3) is 5.31. The molecule has 7 heteroatoms. The quantitative estimate of drug-likeness (QED) is 0.342. The van der Waals surface area contributed by atoms with Crippen molar-refractivity contribution in [3.63, 3.8) is 0 Å². The molecule has 2 aromatic carbocycles. The van der Waals surface area contributed by atoms with Crippen LogP contribution < -0.4 is 10.1 Å². The average Bonchev–Trinajstić information content (AvgIpc) is 2.72. The fourth-order valence-electron chi connectivity index (χ4n) is 2.21. The number of ether oxygens (including phenoxy) is 3. The second-order valence-electron chi connectivity index (χ2n) is 5.40. The van der Waals surface area contributed by atoms with Crippen LogP contribution in [-0.4, -0.2) is 32.1 Å². The number of rotatable bonds is 7. The molecule has 0 radical (unpaired) electrons. The molecule has 1 amide bonds. The van der Waals surface area contributed by atoms with Crippen LogP contribution in [0.25, 0.3) is 6.08 Å². The maximum atomic E-state index is 11.9. The number of para-hydroxylation sites is 1. The molecule has 0 aromatic heterocycles. The smallest absolute Gasteiger partial charge is 0.345 e. The maximum absolute atomic E-state index is 11.9. The standard InChI is InChI=1S/C21H19NO6/c1-4-19(23)22-15-11-10-14(12-17(20(24)26-2)21(25)27-3)18(13-15)28-16-8-6-5-7-9-16/h4-13H,1H2,2-3H3,(H,22,23). The monoisotopic (exact) mass is 381 g/mol. The minimum Gasteiger partial charge on any atom is -0.465 e. The van der Waals surface area contributed by atoms with Gasteiger partial charge in [0, 0.05) is 17.3 Å². The number of esters is 2. The van der Waals surface area contributed by atoms with Gasteiger partial charge in [-0.05, 0) is 36.4 Å². The van der Waals surface area contributed by atoms with Crippen LogP contribution in [0.1, 0.15) is 5.56 Å². The van der Waals surface area contributed by atoms with Gasteiger partial charge < -0.3 is 19.5 Å². The normalized spacial score (nSPS) is 9.64. The van der Waals surface area contributed by atoms with E-state index in [2.05, 4.69) is 21.4 Å². The Morgan fingerprint density at radius 2 is 1.61 bits per heavy atom. The number of amides is 1. The average molecular weight is 381 g/mol. The van der Waals surface area contributed by atoms with E-state index in [1.165, 1.54) is 6.08 Å². The van der Waals surface area contributed by atoms with E-state index in [0.717, 1.165) is 20.3 Å². The molecule has 0 heterocycles. The molecule has 0 aliphatic carbocycles. The van der Waals surface area contributed by atoms with Gasteiger partial charge in [0.25, 0.3) is 0 Å². The molecule has 0 aliphatic heterocycles. The zero-order chi connectivity index (χ0) is 20.5. The zero-order valence-electron chi connectivity index (χ0n) is 15.4. The minimum absolute atomic E-state index is 0.300. The van der Waals surface area contributed by atoms with Gasteiger partial charge in [-0.3, -0.25) is 4.79 Å². The molecule has 2 rings (SSSR count). The van der Waals surface area contributed by atoms with E-state index in [-0.39, 0.29) is 5.57 Å². The van der Waals surface area contributed by atoms with E-state index in [0.29, 0.717) is 22.7 Å². The van der Waals surface area contributed by atoms with Crippen molar-refractivity contribution >= 4 is 29.6 Å². The van der Waals surface area contributed by atoms with Gasteiger partial charge in [-0.15, -0.1) is 0 Å². The molecule has 144 valence electrons. The van der Waals surface area contributed by atoms with Crippen molar-refractivity contribution in [1.82, 2.24) is 0 Å². The predicted molar refractivity (Wildman–Crippen MR) is 104 cm³/mol. The summed E-state index contributed by atoms with van der Waals surface area (Å²) in [5.74, 6) is -1.25. The summed E-state index contributed by atoms with van der Waals surface area (Å²) in [4.78, 5) is 35.4. The number of hydrogen-bond donors (Lipinski definition) is 1. The SMILES string of the molecule is C=CC(=O)Nc1ccc(C=C(C(=O)OC)C(=O)OC)c(Oc2ccccc2)c1. The number of methoxy groups -OCH3 is 2. The Labute approximate surface area is 162 Å². The molecule has 28 heavy (non-hydrogen) atoms. The lowest BCUT2D eigenvalue weighted by Gasteiger charge is -2.12. The Morgan fingerprint density at radius 1 is 0.964 bits per heavy atom. The summed E-state index contributed by atoms with van der Waals surface area (Å²) in [6, 6.07) is 13.6. The number of hydrogen-bond acceptors (Lipinski definition) is 6. The maximum Gasteiger partial charge on any atom is 0.345 e. The zero-order valence-corrected chi connectivity index (χ0v) is 15.4. The van der Waals surface area contributed by atoms with E-state index < -0.39 is 17.8 Å². The molecule has 0 spiro atoms. The number of carbonyl (C=O) groups excluding carboxylic acids is 3. The molecule has 7 nitrogen and oxygen atoms in total. The van der Waals surface area contributed by atoms with E-state index >= 15 is 0 Å². The number of nitrogens with one attached hydrogen (secondary N) is 1. The van der Waals surface area contributed by atoms with Crippen LogP contribution in [0.4, 0.5) is 5.69 Å². The van der Waals surface area contributed by atoms with Crippen LogP contribution in [0.5, 0.6) is 11.5 Å².